The zero-order valence-electron chi connectivity index (χ0n) is 20.3. The van der Waals surface area contributed by atoms with Crippen molar-refractivity contribution in [2.75, 3.05) is 32.9 Å². The lowest BCUT2D eigenvalue weighted by Crippen LogP contribution is -2.49. The van der Waals surface area contributed by atoms with Crippen molar-refractivity contribution >= 4 is 27.5 Å². The quantitative estimate of drug-likeness (QED) is 0.653. The van der Waals surface area contributed by atoms with Gasteiger partial charge in [-0.3, -0.25) is 18.7 Å². The Balaban J connectivity index is 1.68. The van der Waals surface area contributed by atoms with Crippen molar-refractivity contribution in [1.82, 2.24) is 14.0 Å². The van der Waals surface area contributed by atoms with Crippen LogP contribution >= 0.6 is 11.3 Å². The van der Waals surface area contributed by atoms with Gasteiger partial charge >= 0.3 is 5.69 Å². The molecule has 0 aromatic carbocycles. The van der Waals surface area contributed by atoms with Crippen LogP contribution in [0.1, 0.15) is 57.0 Å². The number of hydrogen-bond donors (Lipinski definition) is 0. The number of carbonyl (C=O) groups excluding carboxylic acids is 1. The van der Waals surface area contributed by atoms with Gasteiger partial charge in [-0.25, -0.2) is 4.79 Å². The molecule has 5 rings (SSSR count). The first-order valence-electron chi connectivity index (χ1n) is 12.0. The first kappa shape index (κ1) is 23.7. The third kappa shape index (κ3) is 4.25. The van der Waals surface area contributed by atoms with Crippen LogP contribution < -0.4 is 11.2 Å². The molecule has 2 saturated heterocycles. The highest BCUT2D eigenvalue weighted by Gasteiger charge is 2.36. The summed E-state index contributed by atoms with van der Waals surface area (Å²) in [6, 6.07) is -0.277. The number of hydrogen-bond acceptors (Lipinski definition) is 7. The molecule has 9 nitrogen and oxygen atoms in total. The number of fused-ring (bicyclic) bond motifs is 3. The molecule has 1 atom stereocenters. The first-order valence-corrected chi connectivity index (χ1v) is 12.8. The molecule has 2 aromatic rings. The van der Waals surface area contributed by atoms with Gasteiger partial charge in [0, 0.05) is 37.0 Å². The zero-order chi connectivity index (χ0) is 24.3. The Bertz CT molecular complexity index is 1230. The third-order valence-electron chi connectivity index (χ3n) is 7.08. The summed E-state index contributed by atoms with van der Waals surface area (Å²) in [5.41, 5.74) is -0.548. The maximum atomic E-state index is 13.9. The van der Waals surface area contributed by atoms with Crippen molar-refractivity contribution in [3.8, 4) is 0 Å². The van der Waals surface area contributed by atoms with Crippen molar-refractivity contribution in [2.24, 2.45) is 0 Å². The molecule has 0 N–H and O–H groups in total. The predicted molar refractivity (Wildman–Crippen MR) is 129 cm³/mol. The first-order chi connectivity index (χ1) is 16.1. The Hall–Kier alpha value is -2.01. The summed E-state index contributed by atoms with van der Waals surface area (Å²) in [4.78, 5) is 44.2. The summed E-state index contributed by atoms with van der Waals surface area (Å²) in [5.74, 6) is -0.132. The third-order valence-corrected chi connectivity index (χ3v) is 8.31. The summed E-state index contributed by atoms with van der Waals surface area (Å²) in [6.07, 6.45) is 1.74. The van der Waals surface area contributed by atoms with Gasteiger partial charge in [-0.2, -0.15) is 0 Å². The monoisotopic (exact) mass is 491 g/mol. The second-order valence-corrected chi connectivity index (χ2v) is 11.8. The van der Waals surface area contributed by atoms with Gasteiger partial charge in [0.25, 0.3) is 5.56 Å². The molecule has 5 heterocycles. The highest BCUT2D eigenvalue weighted by molar-refractivity contribution is 7.18. The van der Waals surface area contributed by atoms with Crippen LogP contribution in [0.4, 0.5) is 0 Å². The van der Waals surface area contributed by atoms with E-state index >= 15 is 0 Å². The Labute approximate surface area is 202 Å². The summed E-state index contributed by atoms with van der Waals surface area (Å²) in [5, 5.41) is 0.565. The van der Waals surface area contributed by atoms with E-state index in [0.29, 0.717) is 69.0 Å². The summed E-state index contributed by atoms with van der Waals surface area (Å²) in [7, 11) is 0. The number of ether oxygens (including phenoxy) is 3. The van der Waals surface area contributed by atoms with Gasteiger partial charge in [0.2, 0.25) is 5.91 Å². The Kier molecular flexibility index (Phi) is 5.99. The summed E-state index contributed by atoms with van der Waals surface area (Å²) in [6.45, 7) is 10.8. The lowest BCUT2D eigenvalue weighted by molar-refractivity contribution is -0.135. The molecule has 0 radical (unpaired) electrons. The topological polar surface area (TPSA) is 92.0 Å². The number of nitrogens with zero attached hydrogens (tertiary/aromatic N) is 3. The van der Waals surface area contributed by atoms with Gasteiger partial charge in [0.15, 0.2) is 0 Å². The van der Waals surface area contributed by atoms with E-state index in [4.69, 9.17) is 14.2 Å². The SMILES string of the molecule is CC1(C)Cc2c(sc3c2c(=O)n([C@@H]2CCOC(C)(C)C2)c(=O)n3CC(=O)N2CCOCC2)CO1. The minimum atomic E-state index is -0.428. The second-order valence-electron chi connectivity index (χ2n) is 10.7. The van der Waals surface area contributed by atoms with E-state index in [9.17, 15) is 14.4 Å². The van der Waals surface area contributed by atoms with E-state index in [-0.39, 0.29) is 24.1 Å². The van der Waals surface area contributed by atoms with Crippen LogP contribution in [0.3, 0.4) is 0 Å². The molecular formula is C24H33N3O6S. The molecule has 2 fully saturated rings. The lowest BCUT2D eigenvalue weighted by atomic mass is 9.93. The lowest BCUT2D eigenvalue weighted by Gasteiger charge is -2.36. The van der Waals surface area contributed by atoms with Crippen molar-refractivity contribution in [3.63, 3.8) is 0 Å². The molecule has 0 unspecified atom stereocenters. The zero-order valence-corrected chi connectivity index (χ0v) is 21.2. The van der Waals surface area contributed by atoms with Crippen molar-refractivity contribution in [1.29, 1.82) is 0 Å². The molecule has 1 amide bonds. The fourth-order valence-corrected chi connectivity index (χ4v) is 6.52. The molecular weight excluding hydrogens is 458 g/mol. The van der Waals surface area contributed by atoms with Crippen molar-refractivity contribution in [2.45, 2.75) is 77.4 Å². The van der Waals surface area contributed by atoms with Gasteiger partial charge in [0.1, 0.15) is 11.4 Å². The van der Waals surface area contributed by atoms with Crippen LogP contribution in [0.5, 0.6) is 0 Å². The number of rotatable bonds is 3. The maximum absolute atomic E-state index is 13.9. The van der Waals surface area contributed by atoms with Crippen LogP contribution in [-0.2, 0) is 38.6 Å². The van der Waals surface area contributed by atoms with Gasteiger partial charge in [-0.1, -0.05) is 0 Å². The Morgan fingerprint density at radius 1 is 1.06 bits per heavy atom. The number of aromatic nitrogens is 2. The van der Waals surface area contributed by atoms with E-state index in [1.807, 2.05) is 27.7 Å². The van der Waals surface area contributed by atoms with Gasteiger partial charge < -0.3 is 19.1 Å². The molecule has 10 heteroatoms. The second kappa shape index (κ2) is 8.58. The highest BCUT2D eigenvalue weighted by atomic mass is 32.1. The largest absolute Gasteiger partial charge is 0.378 e. The van der Waals surface area contributed by atoms with Gasteiger partial charge in [-0.15, -0.1) is 11.3 Å². The highest BCUT2D eigenvalue weighted by Crippen LogP contribution is 2.38. The van der Waals surface area contributed by atoms with Crippen molar-refractivity contribution in [3.05, 3.63) is 31.3 Å². The molecule has 186 valence electrons. The Morgan fingerprint density at radius 3 is 2.50 bits per heavy atom. The van der Waals surface area contributed by atoms with Crippen LogP contribution in [0.15, 0.2) is 9.59 Å². The average molecular weight is 492 g/mol. The molecule has 3 aliphatic rings. The minimum Gasteiger partial charge on any atom is -0.378 e. The molecule has 0 saturated carbocycles. The van der Waals surface area contributed by atoms with Gasteiger partial charge in [-0.05, 0) is 46.1 Å². The fourth-order valence-electron chi connectivity index (χ4n) is 5.30. The van der Waals surface area contributed by atoms with E-state index in [2.05, 4.69) is 0 Å². The number of morpholine rings is 1. The standard InChI is InChI=1S/C24H33N3O6S/c1-23(2)11-15(5-8-32-23)27-20(29)19-16-12-24(3,4)33-14-17(16)34-21(19)26(22(27)30)13-18(28)25-6-9-31-10-7-25/h15H,5-14H2,1-4H3/t15-/m1/s1. The smallest absolute Gasteiger partial charge is 0.332 e. The maximum Gasteiger partial charge on any atom is 0.332 e. The van der Waals surface area contributed by atoms with Crippen LogP contribution in [0.2, 0.25) is 0 Å². The van der Waals surface area contributed by atoms with Crippen molar-refractivity contribution < 1.29 is 19.0 Å². The normalized spacial score (nSPS) is 24.2. The van der Waals surface area contributed by atoms with E-state index in [0.717, 1.165) is 10.4 Å². The summed E-state index contributed by atoms with van der Waals surface area (Å²) >= 11 is 1.40. The van der Waals surface area contributed by atoms with E-state index < -0.39 is 16.9 Å². The molecule has 34 heavy (non-hydrogen) atoms. The fraction of sp³-hybridized carbons (Fsp3) is 0.708. The molecule has 2 aromatic heterocycles. The number of carbonyl (C=O) groups is 1. The Morgan fingerprint density at radius 2 is 1.79 bits per heavy atom. The summed E-state index contributed by atoms with van der Waals surface area (Å²) < 4.78 is 20.1. The van der Waals surface area contributed by atoms with E-state index in [1.54, 1.807) is 4.90 Å². The van der Waals surface area contributed by atoms with E-state index in [1.165, 1.54) is 20.5 Å². The molecule has 0 bridgehead atoms. The molecule has 0 aliphatic carbocycles. The minimum absolute atomic E-state index is 0.0914. The predicted octanol–water partition coefficient (Wildman–Crippen LogP) is 2.06. The number of amides is 1. The average Bonchev–Trinajstić information content (AvgIpc) is 3.14. The molecule has 3 aliphatic heterocycles. The van der Waals surface area contributed by atoms with Gasteiger partial charge in [0.05, 0.1) is 36.4 Å². The number of thiophene rings is 1. The van der Waals surface area contributed by atoms with Crippen LogP contribution in [-0.4, -0.2) is 64.1 Å². The molecule has 0 spiro atoms. The van der Waals surface area contributed by atoms with Crippen LogP contribution in [0, 0.1) is 0 Å². The van der Waals surface area contributed by atoms with Crippen LogP contribution in [0.25, 0.3) is 10.2 Å².